The third-order valence-electron chi connectivity index (χ3n) is 0. The van der Waals surface area contributed by atoms with Crippen LogP contribution in [0.4, 0.5) is 25.2 Å². The van der Waals surface area contributed by atoms with E-state index in [9.17, 15) is 25.2 Å². The van der Waals surface area contributed by atoms with Gasteiger partial charge in [0.05, 0.1) is 0 Å². The summed E-state index contributed by atoms with van der Waals surface area (Å²) in [6, 6.07) is 0. The Morgan fingerprint density at radius 3 is 0.917 bits per heavy atom. The van der Waals surface area contributed by atoms with Crippen LogP contribution in [-0.2, 0) is 22.4 Å². The molecular weight excluding hydrogens is 411 g/mol. The van der Waals surface area contributed by atoms with E-state index in [0.717, 1.165) is 0 Å². The van der Waals surface area contributed by atoms with Crippen LogP contribution in [-0.4, -0.2) is 18.8 Å². The zero-order valence-electron chi connectivity index (χ0n) is 6.04. The Hall–Kier alpha value is 1.14. The maximum Gasteiger partial charge on any atom is 0 e. The summed E-state index contributed by atoms with van der Waals surface area (Å²) in [4.78, 5) is 0. The van der Waals surface area contributed by atoms with Crippen LogP contribution in [0.2, 0.25) is 0 Å². The summed E-state index contributed by atoms with van der Waals surface area (Å²) < 4.78 is 61.1. The van der Waals surface area contributed by atoms with Gasteiger partial charge in [-0.2, -0.15) is 0 Å². The van der Waals surface area contributed by atoms with Crippen molar-refractivity contribution < 1.29 is 47.6 Å². The second-order valence-electron chi connectivity index (χ2n) is 1.92. The standard InChI is InChI=1S/C2H8NP.Au.F6P/c1-3(2)4;;1-7(2,3,4,5)6/h4H2,1-2H3;;/q;;-1. The van der Waals surface area contributed by atoms with Crippen LogP contribution >= 0.6 is 17.2 Å². The summed E-state index contributed by atoms with van der Waals surface area (Å²) in [5, 5.41) is 0. The molecule has 0 spiro atoms. The van der Waals surface area contributed by atoms with Gasteiger partial charge in [-0.3, -0.25) is 4.67 Å². The fourth-order valence-electron chi connectivity index (χ4n) is 0. The summed E-state index contributed by atoms with van der Waals surface area (Å²) in [7, 11) is -4.24. The summed E-state index contributed by atoms with van der Waals surface area (Å²) >= 11 is 0. The summed E-state index contributed by atoms with van der Waals surface area (Å²) in [6.45, 7) is 0. The van der Waals surface area contributed by atoms with Crippen molar-refractivity contribution in [3.63, 3.8) is 0 Å². The fourth-order valence-corrected chi connectivity index (χ4v) is 0. The molecule has 0 aliphatic rings. The second-order valence-corrected chi connectivity index (χ2v) is 4.87. The van der Waals surface area contributed by atoms with Crippen molar-refractivity contribution in [2.45, 2.75) is 0 Å². The van der Waals surface area contributed by atoms with E-state index in [0.29, 0.717) is 0 Å². The molecule has 1 nitrogen and oxygen atoms in total. The van der Waals surface area contributed by atoms with Crippen molar-refractivity contribution in [2.24, 2.45) is 0 Å². The Bertz CT molecular complexity index is 110. The van der Waals surface area contributed by atoms with Crippen molar-refractivity contribution >= 4 is 17.2 Å². The zero-order chi connectivity index (χ0) is 9.99. The topological polar surface area (TPSA) is 3.24 Å². The third-order valence-corrected chi connectivity index (χ3v) is 0. The molecule has 0 fully saturated rings. The molecule has 0 bridgehead atoms. The summed E-state index contributed by atoms with van der Waals surface area (Å²) in [5.41, 5.74) is 0. The van der Waals surface area contributed by atoms with Gasteiger partial charge in [-0.15, -0.1) is 0 Å². The molecule has 85 valence electrons. The maximum absolute atomic E-state index is 10.7. The molecule has 10 heteroatoms. The van der Waals surface area contributed by atoms with Gasteiger partial charge in [-0.05, 0) is 14.1 Å². The number of hydrogen-bond acceptors (Lipinski definition) is 1. The molecule has 0 aromatic carbocycles. The van der Waals surface area contributed by atoms with Crippen LogP contribution in [0.25, 0.3) is 0 Å². The average molecular weight is 419 g/mol. The van der Waals surface area contributed by atoms with Crippen LogP contribution in [0.1, 0.15) is 0 Å². The second kappa shape index (κ2) is 4.11. The molecule has 12 heavy (non-hydrogen) atoms. The molecule has 0 saturated heterocycles. The fraction of sp³-hybridized carbons (Fsp3) is 1.00. The molecule has 1 atom stereocenters. The minimum atomic E-state index is -10.7. The van der Waals surface area contributed by atoms with Gasteiger partial charge in [0.1, 0.15) is 0 Å². The quantitative estimate of drug-likeness (QED) is 0.329. The van der Waals surface area contributed by atoms with Gasteiger partial charge in [0, 0.05) is 22.4 Å². The van der Waals surface area contributed by atoms with Gasteiger partial charge in [-0.25, -0.2) is 0 Å². The molecule has 0 amide bonds. The molecule has 1 unspecified atom stereocenters. The van der Waals surface area contributed by atoms with E-state index in [4.69, 9.17) is 0 Å². The van der Waals surface area contributed by atoms with Crippen LogP contribution in [0, 0.1) is 0 Å². The monoisotopic (exact) mass is 419 g/mol. The van der Waals surface area contributed by atoms with Crippen molar-refractivity contribution in [3.05, 3.63) is 0 Å². The SMILES string of the molecule is CN(C)P.F[P-](F)(F)(F)(F)F.[Au]. The summed E-state index contributed by atoms with van der Waals surface area (Å²) in [5.74, 6) is 0. The molecule has 0 aromatic rings. The number of nitrogens with zero attached hydrogens (tertiary/aromatic N) is 1. The Balaban J connectivity index is -0.000000142. The minimum Gasteiger partial charge on any atom is 0 e. The Labute approximate surface area is 83.9 Å². The molecule has 0 aromatic heterocycles. The van der Waals surface area contributed by atoms with E-state index >= 15 is 0 Å². The number of rotatable bonds is 0. The number of halogens is 6. The van der Waals surface area contributed by atoms with Crippen LogP contribution < -0.4 is 0 Å². The predicted molar refractivity (Wildman–Crippen MR) is 37.0 cm³/mol. The van der Waals surface area contributed by atoms with E-state index < -0.39 is 7.81 Å². The zero-order valence-corrected chi connectivity index (χ0v) is 10.3. The minimum absolute atomic E-state index is 0. The molecule has 0 saturated carbocycles. The van der Waals surface area contributed by atoms with Gasteiger partial charge in [0.15, 0.2) is 0 Å². The molecule has 0 heterocycles. The molecule has 0 aliphatic heterocycles. The van der Waals surface area contributed by atoms with Gasteiger partial charge >= 0.3 is 33.0 Å². The van der Waals surface area contributed by atoms with E-state index in [1.165, 1.54) is 0 Å². The van der Waals surface area contributed by atoms with E-state index in [2.05, 4.69) is 9.39 Å². The van der Waals surface area contributed by atoms with Gasteiger partial charge in [-0.1, -0.05) is 9.39 Å². The molecule has 0 rings (SSSR count). The Morgan fingerprint density at radius 1 is 0.917 bits per heavy atom. The predicted octanol–water partition coefficient (Wildman–Crippen LogP) is 3.72. The van der Waals surface area contributed by atoms with Crippen molar-refractivity contribution in [3.8, 4) is 0 Å². The Morgan fingerprint density at radius 2 is 0.917 bits per heavy atom. The molecule has 0 N–H and O–H groups in total. The first-order chi connectivity index (χ1) is 4.18. The average Bonchev–Trinajstić information content (AvgIpc) is 1.11. The first-order valence-corrected chi connectivity index (χ1v) is 4.71. The first kappa shape index (κ1) is 18.8. The first-order valence-electron chi connectivity index (χ1n) is 2.17. The van der Waals surface area contributed by atoms with Crippen molar-refractivity contribution in [2.75, 3.05) is 14.1 Å². The molecule has 0 aliphatic carbocycles. The largest absolute Gasteiger partial charge is 0 e. The van der Waals surface area contributed by atoms with Crippen molar-refractivity contribution in [1.82, 2.24) is 4.67 Å². The van der Waals surface area contributed by atoms with Gasteiger partial charge in [0.2, 0.25) is 0 Å². The van der Waals surface area contributed by atoms with Gasteiger partial charge in [0.25, 0.3) is 0 Å². The molecule has 1 radical (unpaired) electrons. The van der Waals surface area contributed by atoms with E-state index in [-0.39, 0.29) is 22.4 Å². The third kappa shape index (κ3) is 881. The van der Waals surface area contributed by atoms with E-state index in [1.54, 1.807) is 0 Å². The van der Waals surface area contributed by atoms with E-state index in [1.807, 2.05) is 18.8 Å². The Kier molecular flexibility index (Phi) is 6.46. The van der Waals surface area contributed by atoms with Crippen LogP contribution in [0.5, 0.6) is 0 Å². The van der Waals surface area contributed by atoms with Gasteiger partial charge < -0.3 is 0 Å². The van der Waals surface area contributed by atoms with Crippen LogP contribution in [0.15, 0.2) is 0 Å². The van der Waals surface area contributed by atoms with Crippen molar-refractivity contribution in [1.29, 1.82) is 0 Å². The maximum atomic E-state index is 9.87. The number of hydrogen-bond donors (Lipinski definition) is 0. The molecular formula is C2H8AuF6NP2-. The van der Waals surface area contributed by atoms with Crippen LogP contribution in [0.3, 0.4) is 0 Å². The summed E-state index contributed by atoms with van der Waals surface area (Å²) in [6.07, 6.45) is 0. The normalized spacial score (nSPS) is 16.5. The smallest absolute Gasteiger partial charge is 0 e.